The minimum absolute atomic E-state index is 0.0267. The third-order valence-corrected chi connectivity index (χ3v) is 5.27. The number of aromatic amines is 1. The molecule has 1 aliphatic rings. The van der Waals surface area contributed by atoms with E-state index < -0.39 is 0 Å². The quantitative estimate of drug-likeness (QED) is 0.616. The lowest BCUT2D eigenvalue weighted by Gasteiger charge is -2.14. The highest BCUT2D eigenvalue weighted by molar-refractivity contribution is 7.99. The molecule has 1 amide bonds. The molecule has 25 heavy (non-hydrogen) atoms. The third kappa shape index (κ3) is 6.86. The van der Waals surface area contributed by atoms with Gasteiger partial charge in [-0.3, -0.25) is 9.36 Å². The molecule has 1 saturated heterocycles. The molecular weight excluding hydrogens is 340 g/mol. The van der Waals surface area contributed by atoms with E-state index in [9.17, 15) is 9.59 Å². The maximum Gasteiger partial charge on any atom is 0.344 e. The minimum Gasteiger partial charge on any atom is -0.376 e. The standard InChI is InChI=1S/C17H30N4O3S/c1-12(2)6-4-7-13(3)18-15(22)11-25-17-20-19-16(23)21(17)10-14-8-5-9-24-14/h12-14H,4-11H2,1-3H3,(H,18,22)(H,19,23). The van der Waals surface area contributed by atoms with Crippen molar-refractivity contribution < 1.29 is 9.53 Å². The van der Waals surface area contributed by atoms with Gasteiger partial charge in [0.1, 0.15) is 0 Å². The monoisotopic (exact) mass is 370 g/mol. The molecule has 1 aromatic rings. The van der Waals surface area contributed by atoms with Gasteiger partial charge in [0.25, 0.3) is 0 Å². The second-order valence-corrected chi connectivity index (χ2v) is 8.08. The van der Waals surface area contributed by atoms with Gasteiger partial charge in [0, 0.05) is 12.6 Å². The van der Waals surface area contributed by atoms with Crippen LogP contribution in [0, 0.1) is 5.92 Å². The summed E-state index contributed by atoms with van der Waals surface area (Å²) in [5.74, 6) is 0.921. The Bertz CT molecular complexity index is 593. The molecule has 0 aliphatic carbocycles. The van der Waals surface area contributed by atoms with Gasteiger partial charge in [-0.25, -0.2) is 9.89 Å². The van der Waals surface area contributed by atoms with Crippen LogP contribution >= 0.6 is 11.8 Å². The topological polar surface area (TPSA) is 89.0 Å². The number of ether oxygens (including phenoxy) is 1. The molecule has 2 unspecified atom stereocenters. The smallest absolute Gasteiger partial charge is 0.344 e. The molecule has 8 heteroatoms. The number of amides is 1. The first-order chi connectivity index (χ1) is 12.0. The van der Waals surface area contributed by atoms with Crippen LogP contribution in [0.15, 0.2) is 9.95 Å². The van der Waals surface area contributed by atoms with Crippen molar-refractivity contribution in [2.24, 2.45) is 5.92 Å². The summed E-state index contributed by atoms with van der Waals surface area (Å²) in [5, 5.41) is 10.1. The van der Waals surface area contributed by atoms with Crippen molar-refractivity contribution in [3.63, 3.8) is 0 Å². The molecule has 0 bridgehead atoms. The van der Waals surface area contributed by atoms with Crippen molar-refractivity contribution in [1.29, 1.82) is 0 Å². The number of hydrogen-bond acceptors (Lipinski definition) is 5. The molecule has 0 radical (unpaired) electrons. The van der Waals surface area contributed by atoms with E-state index in [4.69, 9.17) is 4.74 Å². The Balaban J connectivity index is 1.76. The number of aromatic nitrogens is 3. The Hall–Kier alpha value is -1.28. The maximum absolute atomic E-state index is 12.1. The van der Waals surface area contributed by atoms with Gasteiger partial charge >= 0.3 is 5.69 Å². The predicted octanol–water partition coefficient (Wildman–Crippen LogP) is 2.17. The maximum atomic E-state index is 12.1. The Labute approximate surface area is 153 Å². The zero-order valence-corrected chi connectivity index (χ0v) is 16.2. The first-order valence-electron chi connectivity index (χ1n) is 9.14. The van der Waals surface area contributed by atoms with Crippen molar-refractivity contribution >= 4 is 17.7 Å². The number of rotatable bonds is 10. The van der Waals surface area contributed by atoms with Crippen molar-refractivity contribution in [2.45, 2.75) is 76.7 Å². The highest BCUT2D eigenvalue weighted by Crippen LogP contribution is 2.18. The lowest BCUT2D eigenvalue weighted by molar-refractivity contribution is -0.119. The minimum atomic E-state index is -0.250. The number of thioether (sulfide) groups is 1. The molecule has 2 atom stereocenters. The van der Waals surface area contributed by atoms with E-state index in [-0.39, 0.29) is 29.5 Å². The highest BCUT2D eigenvalue weighted by atomic mass is 32.2. The summed E-state index contributed by atoms with van der Waals surface area (Å²) in [6, 6.07) is 0.167. The SMILES string of the molecule is CC(C)CCCC(C)NC(=O)CSc1n[nH]c(=O)n1CC1CCCO1. The summed E-state index contributed by atoms with van der Waals surface area (Å²) in [5.41, 5.74) is -0.250. The van der Waals surface area contributed by atoms with Crippen LogP contribution in [0.2, 0.25) is 0 Å². The predicted molar refractivity (Wildman–Crippen MR) is 98.8 cm³/mol. The Morgan fingerprint density at radius 1 is 1.44 bits per heavy atom. The average molecular weight is 371 g/mol. The molecule has 2 N–H and O–H groups in total. The molecular formula is C17H30N4O3S. The molecule has 1 aliphatic heterocycles. The summed E-state index contributed by atoms with van der Waals surface area (Å²) in [4.78, 5) is 24.0. The Morgan fingerprint density at radius 3 is 2.92 bits per heavy atom. The first kappa shape index (κ1) is 20.0. The van der Waals surface area contributed by atoms with E-state index in [1.807, 2.05) is 6.92 Å². The number of nitrogens with one attached hydrogen (secondary N) is 2. The largest absolute Gasteiger partial charge is 0.376 e. The fourth-order valence-electron chi connectivity index (χ4n) is 2.92. The second kappa shape index (κ2) is 10.0. The number of hydrogen-bond donors (Lipinski definition) is 2. The van der Waals surface area contributed by atoms with Gasteiger partial charge in [-0.15, -0.1) is 5.10 Å². The molecule has 142 valence electrons. The lowest BCUT2D eigenvalue weighted by atomic mass is 10.0. The fourth-order valence-corrected chi connectivity index (χ4v) is 3.68. The average Bonchev–Trinajstić information content (AvgIpc) is 3.17. The van der Waals surface area contributed by atoms with Crippen LogP contribution in [0.5, 0.6) is 0 Å². The molecule has 7 nitrogen and oxygen atoms in total. The van der Waals surface area contributed by atoms with Crippen LogP contribution in [0.1, 0.15) is 52.9 Å². The van der Waals surface area contributed by atoms with Crippen molar-refractivity contribution in [3.8, 4) is 0 Å². The number of H-pyrrole nitrogens is 1. The van der Waals surface area contributed by atoms with Crippen LogP contribution in [-0.4, -0.2) is 45.2 Å². The second-order valence-electron chi connectivity index (χ2n) is 7.14. The summed E-state index contributed by atoms with van der Waals surface area (Å²) < 4.78 is 7.15. The van der Waals surface area contributed by atoms with E-state index in [0.29, 0.717) is 17.6 Å². The zero-order valence-electron chi connectivity index (χ0n) is 15.4. The molecule has 0 saturated carbocycles. The molecule has 2 rings (SSSR count). The number of nitrogens with zero attached hydrogens (tertiary/aromatic N) is 2. The van der Waals surface area contributed by atoms with E-state index in [2.05, 4.69) is 29.4 Å². The summed E-state index contributed by atoms with van der Waals surface area (Å²) >= 11 is 1.28. The fraction of sp³-hybridized carbons (Fsp3) is 0.824. The van der Waals surface area contributed by atoms with Gasteiger partial charge in [-0.2, -0.15) is 0 Å². The Kier molecular flexibility index (Phi) is 8.02. The van der Waals surface area contributed by atoms with Crippen LogP contribution in [0.4, 0.5) is 0 Å². The normalized spacial score (nSPS) is 18.6. The first-order valence-corrected chi connectivity index (χ1v) is 10.1. The van der Waals surface area contributed by atoms with E-state index >= 15 is 0 Å². The highest BCUT2D eigenvalue weighted by Gasteiger charge is 2.20. The third-order valence-electron chi connectivity index (χ3n) is 4.29. The van der Waals surface area contributed by atoms with Crippen molar-refractivity contribution in [2.75, 3.05) is 12.4 Å². The van der Waals surface area contributed by atoms with E-state index in [0.717, 1.165) is 32.3 Å². The van der Waals surface area contributed by atoms with Crippen molar-refractivity contribution in [1.82, 2.24) is 20.1 Å². The summed E-state index contributed by atoms with van der Waals surface area (Å²) in [6.45, 7) is 7.69. The molecule has 1 fully saturated rings. The molecule has 2 heterocycles. The van der Waals surface area contributed by atoms with Gasteiger partial charge in [0.15, 0.2) is 5.16 Å². The zero-order chi connectivity index (χ0) is 18.2. The van der Waals surface area contributed by atoms with Crippen LogP contribution < -0.4 is 11.0 Å². The summed E-state index contributed by atoms with van der Waals surface area (Å²) in [6.07, 6.45) is 5.32. The molecule has 0 aromatic carbocycles. The van der Waals surface area contributed by atoms with Gasteiger partial charge in [0.2, 0.25) is 5.91 Å². The van der Waals surface area contributed by atoms with Gasteiger partial charge in [-0.1, -0.05) is 38.5 Å². The van der Waals surface area contributed by atoms with Gasteiger partial charge in [0.05, 0.1) is 18.4 Å². The van der Waals surface area contributed by atoms with Gasteiger partial charge < -0.3 is 10.1 Å². The van der Waals surface area contributed by atoms with Crippen LogP contribution in [0.3, 0.4) is 0 Å². The lowest BCUT2D eigenvalue weighted by Crippen LogP contribution is -2.34. The number of carbonyl (C=O) groups excluding carboxylic acids is 1. The van der Waals surface area contributed by atoms with E-state index in [1.54, 1.807) is 4.57 Å². The number of carbonyl (C=O) groups is 1. The Morgan fingerprint density at radius 2 is 2.24 bits per heavy atom. The molecule has 0 spiro atoms. The van der Waals surface area contributed by atoms with Gasteiger partial charge in [-0.05, 0) is 32.1 Å². The molecule has 1 aromatic heterocycles. The van der Waals surface area contributed by atoms with Crippen molar-refractivity contribution in [3.05, 3.63) is 10.5 Å². The van der Waals surface area contributed by atoms with Crippen LogP contribution in [0.25, 0.3) is 0 Å². The van der Waals surface area contributed by atoms with E-state index in [1.165, 1.54) is 18.2 Å². The van der Waals surface area contributed by atoms with Crippen LogP contribution in [-0.2, 0) is 16.1 Å². The summed E-state index contributed by atoms with van der Waals surface area (Å²) in [7, 11) is 0.